The van der Waals surface area contributed by atoms with Crippen LogP contribution < -0.4 is 4.74 Å². The molecule has 0 heterocycles. The number of carbonyl (C=O) groups excluding carboxylic acids is 1. The lowest BCUT2D eigenvalue weighted by molar-refractivity contribution is 0.0595. The first-order valence-corrected chi connectivity index (χ1v) is 6.64. The van der Waals surface area contributed by atoms with E-state index in [0.717, 1.165) is 5.56 Å². The lowest BCUT2D eigenvalue weighted by Gasteiger charge is -2.10. The van der Waals surface area contributed by atoms with Gasteiger partial charge in [0.1, 0.15) is 18.2 Å². The number of benzene rings is 2. The molecule has 2 aromatic rings. The topological polar surface area (TPSA) is 35.5 Å². The van der Waals surface area contributed by atoms with Gasteiger partial charge in [0.25, 0.3) is 0 Å². The Morgan fingerprint density at radius 2 is 2.00 bits per heavy atom. The van der Waals surface area contributed by atoms with E-state index in [1.54, 1.807) is 12.1 Å². The number of hydrogen-bond acceptors (Lipinski definition) is 3. The summed E-state index contributed by atoms with van der Waals surface area (Å²) in [5.41, 5.74) is 1.51. The third-order valence-electron chi connectivity index (χ3n) is 2.92. The van der Waals surface area contributed by atoms with Gasteiger partial charge in [-0.2, -0.15) is 0 Å². The zero-order valence-electron chi connectivity index (χ0n) is 11.7. The number of halogens is 2. The molecule has 21 heavy (non-hydrogen) atoms. The molecule has 0 aliphatic heterocycles. The molecule has 0 bridgehead atoms. The highest BCUT2D eigenvalue weighted by Gasteiger charge is 2.12. The first-order valence-electron chi connectivity index (χ1n) is 6.27. The summed E-state index contributed by atoms with van der Waals surface area (Å²) in [6.45, 7) is 2.08. The Morgan fingerprint density at radius 1 is 1.24 bits per heavy atom. The van der Waals surface area contributed by atoms with E-state index in [-0.39, 0.29) is 12.2 Å². The third-order valence-corrected chi connectivity index (χ3v) is 3.23. The van der Waals surface area contributed by atoms with E-state index in [4.69, 9.17) is 16.3 Å². The van der Waals surface area contributed by atoms with Crippen molar-refractivity contribution in [3.63, 3.8) is 0 Å². The Bertz CT molecular complexity index is 671. The van der Waals surface area contributed by atoms with Crippen molar-refractivity contribution in [2.75, 3.05) is 7.11 Å². The van der Waals surface area contributed by atoms with Gasteiger partial charge in [0.2, 0.25) is 0 Å². The van der Waals surface area contributed by atoms with Crippen molar-refractivity contribution in [3.05, 3.63) is 63.9 Å². The lowest BCUT2D eigenvalue weighted by atomic mass is 10.1. The Labute approximate surface area is 127 Å². The van der Waals surface area contributed by atoms with E-state index < -0.39 is 11.8 Å². The second-order valence-electron chi connectivity index (χ2n) is 4.53. The molecule has 2 rings (SSSR count). The number of carbonyl (C=O) groups is 1. The van der Waals surface area contributed by atoms with Gasteiger partial charge in [-0.1, -0.05) is 23.7 Å². The standard InChI is InChI=1S/C16H14ClFO3/c1-10-3-6-13(17)15(7-10)21-9-11-4-5-12(14(18)8-11)16(19)20-2/h3-8H,9H2,1-2H3. The average molecular weight is 309 g/mol. The van der Waals surface area contributed by atoms with Crippen LogP contribution in [-0.4, -0.2) is 13.1 Å². The normalized spacial score (nSPS) is 10.3. The number of esters is 1. The number of methoxy groups -OCH3 is 1. The van der Waals surface area contributed by atoms with Gasteiger partial charge in [0, 0.05) is 0 Å². The Hall–Kier alpha value is -2.07. The van der Waals surface area contributed by atoms with Gasteiger partial charge >= 0.3 is 5.97 Å². The molecule has 0 atom stereocenters. The molecule has 0 N–H and O–H groups in total. The summed E-state index contributed by atoms with van der Waals surface area (Å²) in [6.07, 6.45) is 0. The summed E-state index contributed by atoms with van der Waals surface area (Å²) in [6, 6.07) is 9.65. The SMILES string of the molecule is COC(=O)c1ccc(COc2cc(C)ccc2Cl)cc1F. The van der Waals surface area contributed by atoms with Crippen LogP contribution in [0.15, 0.2) is 36.4 Å². The molecule has 5 heteroatoms. The fourth-order valence-corrected chi connectivity index (χ4v) is 1.98. The average Bonchev–Trinajstić information content (AvgIpc) is 2.47. The monoisotopic (exact) mass is 308 g/mol. The number of ether oxygens (including phenoxy) is 2. The molecule has 110 valence electrons. The zero-order valence-corrected chi connectivity index (χ0v) is 12.4. The fourth-order valence-electron chi connectivity index (χ4n) is 1.81. The van der Waals surface area contributed by atoms with E-state index in [0.29, 0.717) is 16.3 Å². The molecule has 0 saturated carbocycles. The van der Waals surface area contributed by atoms with E-state index >= 15 is 0 Å². The first-order chi connectivity index (χ1) is 10.0. The van der Waals surface area contributed by atoms with Gasteiger partial charge in [0.05, 0.1) is 17.7 Å². The predicted octanol–water partition coefficient (Wildman–Crippen LogP) is 4.15. The lowest BCUT2D eigenvalue weighted by Crippen LogP contribution is -2.05. The summed E-state index contributed by atoms with van der Waals surface area (Å²) >= 11 is 6.02. The van der Waals surface area contributed by atoms with Gasteiger partial charge in [-0.3, -0.25) is 0 Å². The number of rotatable bonds is 4. The fraction of sp³-hybridized carbons (Fsp3) is 0.188. The molecule has 0 fully saturated rings. The van der Waals surface area contributed by atoms with Crippen LogP contribution in [0, 0.1) is 12.7 Å². The minimum absolute atomic E-state index is 0.102. The molecule has 0 aliphatic rings. The second-order valence-corrected chi connectivity index (χ2v) is 4.94. The van der Waals surface area contributed by atoms with Crippen molar-refractivity contribution in [1.82, 2.24) is 0 Å². The molecular weight excluding hydrogens is 295 g/mol. The summed E-state index contributed by atoms with van der Waals surface area (Å²) in [7, 11) is 1.21. The second kappa shape index (κ2) is 6.59. The van der Waals surface area contributed by atoms with Gasteiger partial charge in [0.15, 0.2) is 0 Å². The van der Waals surface area contributed by atoms with Gasteiger partial charge in [-0.05, 0) is 42.3 Å². The summed E-state index contributed by atoms with van der Waals surface area (Å²) in [4.78, 5) is 11.3. The highest BCUT2D eigenvalue weighted by molar-refractivity contribution is 6.32. The van der Waals surface area contributed by atoms with Crippen molar-refractivity contribution < 1.29 is 18.7 Å². The van der Waals surface area contributed by atoms with Crippen LogP contribution in [0.1, 0.15) is 21.5 Å². The Kier molecular flexibility index (Phi) is 4.81. The van der Waals surface area contributed by atoms with Crippen LogP contribution in [0.2, 0.25) is 5.02 Å². The van der Waals surface area contributed by atoms with Crippen LogP contribution in [0.3, 0.4) is 0 Å². The Morgan fingerprint density at radius 3 is 2.67 bits per heavy atom. The van der Waals surface area contributed by atoms with Crippen LogP contribution in [0.25, 0.3) is 0 Å². The van der Waals surface area contributed by atoms with E-state index in [1.165, 1.54) is 19.2 Å². The molecule has 0 radical (unpaired) electrons. The molecule has 0 amide bonds. The minimum atomic E-state index is -0.707. The molecule has 0 unspecified atom stereocenters. The van der Waals surface area contributed by atoms with Crippen molar-refractivity contribution in [1.29, 1.82) is 0 Å². The highest BCUT2D eigenvalue weighted by Crippen LogP contribution is 2.26. The van der Waals surface area contributed by atoms with Gasteiger partial charge in [-0.25, -0.2) is 9.18 Å². The quantitative estimate of drug-likeness (QED) is 0.796. The molecule has 2 aromatic carbocycles. The van der Waals surface area contributed by atoms with Crippen molar-refractivity contribution in [2.24, 2.45) is 0 Å². The van der Waals surface area contributed by atoms with Crippen LogP contribution in [-0.2, 0) is 11.3 Å². The van der Waals surface area contributed by atoms with Crippen molar-refractivity contribution in [2.45, 2.75) is 13.5 Å². The van der Waals surface area contributed by atoms with E-state index in [1.807, 2.05) is 19.1 Å². The van der Waals surface area contributed by atoms with Crippen molar-refractivity contribution >= 4 is 17.6 Å². The molecule has 0 spiro atoms. The van der Waals surface area contributed by atoms with E-state index in [9.17, 15) is 9.18 Å². The zero-order chi connectivity index (χ0) is 15.4. The molecule has 0 saturated heterocycles. The third kappa shape index (κ3) is 3.73. The van der Waals surface area contributed by atoms with Gasteiger partial charge in [-0.15, -0.1) is 0 Å². The van der Waals surface area contributed by atoms with Crippen LogP contribution in [0.5, 0.6) is 5.75 Å². The molecule has 3 nitrogen and oxygen atoms in total. The summed E-state index contributed by atoms with van der Waals surface area (Å²) in [5, 5.41) is 0.493. The highest BCUT2D eigenvalue weighted by atomic mass is 35.5. The summed E-state index contributed by atoms with van der Waals surface area (Å²) < 4.78 is 23.8. The molecule has 0 aromatic heterocycles. The van der Waals surface area contributed by atoms with Crippen LogP contribution >= 0.6 is 11.6 Å². The van der Waals surface area contributed by atoms with E-state index in [2.05, 4.69) is 4.74 Å². The summed E-state index contributed by atoms with van der Waals surface area (Å²) in [5.74, 6) is -0.811. The van der Waals surface area contributed by atoms with Gasteiger partial charge < -0.3 is 9.47 Å². The maximum Gasteiger partial charge on any atom is 0.340 e. The predicted molar refractivity (Wildman–Crippen MR) is 78.3 cm³/mol. The number of hydrogen-bond donors (Lipinski definition) is 0. The Balaban J connectivity index is 2.12. The maximum atomic E-state index is 13.8. The number of aryl methyl sites for hydroxylation is 1. The smallest absolute Gasteiger partial charge is 0.340 e. The molecular formula is C16H14ClFO3. The first kappa shape index (κ1) is 15.3. The van der Waals surface area contributed by atoms with Crippen LogP contribution in [0.4, 0.5) is 4.39 Å². The molecule has 0 aliphatic carbocycles. The minimum Gasteiger partial charge on any atom is -0.487 e. The largest absolute Gasteiger partial charge is 0.487 e. The van der Waals surface area contributed by atoms with Crippen molar-refractivity contribution in [3.8, 4) is 5.75 Å². The maximum absolute atomic E-state index is 13.8.